The van der Waals surface area contributed by atoms with Gasteiger partial charge in [-0.15, -0.1) is 0 Å². The molecule has 8 nitrogen and oxygen atoms in total. The van der Waals surface area contributed by atoms with Crippen LogP contribution in [0, 0.1) is 0 Å². The van der Waals surface area contributed by atoms with Gasteiger partial charge >= 0.3 is 0 Å². The minimum absolute atomic E-state index is 0.0721. The molecule has 1 fully saturated rings. The molecule has 0 saturated heterocycles. The Morgan fingerprint density at radius 1 is 1.00 bits per heavy atom. The Kier molecular flexibility index (Phi) is 6.74. The second-order valence-corrected chi connectivity index (χ2v) is 7.01. The van der Waals surface area contributed by atoms with Gasteiger partial charge in [-0.05, 0) is 25.0 Å². The Bertz CT molecular complexity index is 917. The number of carbonyl (C=O) groups excluding carboxylic acids is 1. The molecule has 0 spiro atoms. The van der Waals surface area contributed by atoms with Gasteiger partial charge in [0.2, 0.25) is 11.3 Å². The van der Waals surface area contributed by atoms with Crippen LogP contribution in [0.4, 0.5) is 0 Å². The Morgan fingerprint density at radius 2 is 1.69 bits per heavy atom. The molecule has 1 saturated carbocycles. The number of carbonyl (C=O) groups is 1. The zero-order chi connectivity index (χ0) is 20.8. The van der Waals surface area contributed by atoms with Crippen molar-refractivity contribution in [1.82, 2.24) is 15.1 Å². The summed E-state index contributed by atoms with van der Waals surface area (Å²) in [4.78, 5) is 25.3. The van der Waals surface area contributed by atoms with Crippen LogP contribution in [-0.4, -0.2) is 43.1 Å². The molecular weight excluding hydrogens is 374 g/mol. The van der Waals surface area contributed by atoms with E-state index in [1.165, 1.54) is 37.8 Å². The van der Waals surface area contributed by atoms with Gasteiger partial charge in [-0.2, -0.15) is 9.78 Å². The van der Waals surface area contributed by atoms with Gasteiger partial charge in [0.15, 0.2) is 17.2 Å². The van der Waals surface area contributed by atoms with Crippen molar-refractivity contribution < 1.29 is 19.0 Å². The second-order valence-electron chi connectivity index (χ2n) is 7.01. The predicted molar refractivity (Wildman–Crippen MR) is 108 cm³/mol. The molecule has 1 amide bonds. The molecule has 1 aliphatic rings. The molecule has 1 aromatic heterocycles. The summed E-state index contributed by atoms with van der Waals surface area (Å²) < 4.78 is 17.3. The predicted octanol–water partition coefficient (Wildman–Crippen LogP) is 2.71. The number of hydrogen-bond donors (Lipinski definition) is 1. The van der Waals surface area contributed by atoms with Crippen LogP contribution in [0.25, 0.3) is 5.69 Å². The first-order valence-corrected chi connectivity index (χ1v) is 9.79. The van der Waals surface area contributed by atoms with Crippen LogP contribution in [0.15, 0.2) is 29.1 Å². The molecule has 8 heteroatoms. The fourth-order valence-corrected chi connectivity index (χ4v) is 3.56. The van der Waals surface area contributed by atoms with E-state index in [0.717, 1.165) is 25.7 Å². The molecule has 29 heavy (non-hydrogen) atoms. The summed E-state index contributed by atoms with van der Waals surface area (Å²) in [6, 6.07) is 6.51. The van der Waals surface area contributed by atoms with E-state index in [4.69, 9.17) is 14.2 Å². The first kappa shape index (κ1) is 20.7. The average molecular weight is 401 g/mol. The van der Waals surface area contributed by atoms with Crippen molar-refractivity contribution in [3.63, 3.8) is 0 Å². The first-order valence-electron chi connectivity index (χ1n) is 9.79. The van der Waals surface area contributed by atoms with E-state index in [-0.39, 0.29) is 17.6 Å². The number of amides is 1. The summed E-state index contributed by atoms with van der Waals surface area (Å²) >= 11 is 0. The van der Waals surface area contributed by atoms with Crippen LogP contribution in [0.3, 0.4) is 0 Å². The van der Waals surface area contributed by atoms with Crippen molar-refractivity contribution in [2.45, 2.75) is 44.6 Å². The number of aromatic nitrogens is 2. The number of nitrogens with one attached hydrogen (secondary N) is 1. The maximum Gasteiger partial charge on any atom is 0.276 e. The van der Waals surface area contributed by atoms with Crippen LogP contribution >= 0.6 is 0 Å². The molecule has 2 aromatic rings. The molecule has 0 aliphatic heterocycles. The van der Waals surface area contributed by atoms with E-state index in [9.17, 15) is 9.59 Å². The van der Waals surface area contributed by atoms with Crippen LogP contribution in [0.5, 0.6) is 17.4 Å². The van der Waals surface area contributed by atoms with Crippen LogP contribution in [0.1, 0.15) is 49.0 Å². The van der Waals surface area contributed by atoms with E-state index in [1.54, 1.807) is 25.3 Å². The third-order valence-electron chi connectivity index (χ3n) is 5.12. The number of benzene rings is 1. The minimum atomic E-state index is -0.482. The summed E-state index contributed by atoms with van der Waals surface area (Å²) in [5, 5.41) is 7.28. The van der Waals surface area contributed by atoms with Gasteiger partial charge in [-0.25, -0.2) is 0 Å². The summed E-state index contributed by atoms with van der Waals surface area (Å²) in [6.45, 7) is 0. The lowest BCUT2D eigenvalue weighted by molar-refractivity contribution is 0.0925. The van der Waals surface area contributed by atoms with E-state index in [1.807, 2.05) is 0 Å². The Hall–Kier alpha value is -3.03. The van der Waals surface area contributed by atoms with Crippen LogP contribution in [0.2, 0.25) is 0 Å². The molecule has 1 aromatic carbocycles. The average Bonchev–Trinajstić information content (AvgIpc) is 3.01. The fourth-order valence-electron chi connectivity index (χ4n) is 3.56. The molecule has 1 heterocycles. The molecule has 156 valence electrons. The largest absolute Gasteiger partial charge is 0.493 e. The Balaban J connectivity index is 1.96. The van der Waals surface area contributed by atoms with Crippen LogP contribution in [-0.2, 0) is 0 Å². The standard InChI is InChI=1S/C21H27N3O5/c1-27-17-11-10-15(12-18(17)28-2)24-19(29-3)13-16(25)20(23-24)21(26)22-14-8-6-4-5-7-9-14/h10-14H,4-9H2,1-3H3,(H,22,26). The van der Waals surface area contributed by atoms with E-state index < -0.39 is 11.3 Å². The number of methoxy groups -OCH3 is 3. The van der Waals surface area contributed by atoms with Crippen molar-refractivity contribution in [2.75, 3.05) is 21.3 Å². The summed E-state index contributed by atoms with van der Waals surface area (Å²) in [7, 11) is 4.52. The summed E-state index contributed by atoms with van der Waals surface area (Å²) in [5.74, 6) is 0.812. The highest BCUT2D eigenvalue weighted by atomic mass is 16.5. The quantitative estimate of drug-likeness (QED) is 0.749. The zero-order valence-corrected chi connectivity index (χ0v) is 17.1. The van der Waals surface area contributed by atoms with Gasteiger partial charge < -0.3 is 19.5 Å². The molecule has 0 atom stereocenters. The van der Waals surface area contributed by atoms with E-state index >= 15 is 0 Å². The van der Waals surface area contributed by atoms with Crippen molar-refractivity contribution in [3.05, 3.63) is 40.2 Å². The highest BCUT2D eigenvalue weighted by Gasteiger charge is 2.21. The van der Waals surface area contributed by atoms with Crippen molar-refractivity contribution >= 4 is 5.91 Å². The third kappa shape index (κ3) is 4.70. The third-order valence-corrected chi connectivity index (χ3v) is 5.12. The first-order chi connectivity index (χ1) is 14.1. The van der Waals surface area contributed by atoms with E-state index in [0.29, 0.717) is 17.2 Å². The Labute approximate surface area is 169 Å². The number of rotatable bonds is 6. The van der Waals surface area contributed by atoms with Gasteiger partial charge in [0.1, 0.15) is 0 Å². The lowest BCUT2D eigenvalue weighted by Crippen LogP contribution is -2.38. The number of nitrogens with zero attached hydrogens (tertiary/aromatic N) is 2. The van der Waals surface area contributed by atoms with Gasteiger partial charge in [-0.1, -0.05) is 25.7 Å². The lowest BCUT2D eigenvalue weighted by Gasteiger charge is -2.17. The SMILES string of the molecule is COc1ccc(-n2nc(C(=O)NC3CCCCCC3)c(=O)cc2OC)cc1OC. The molecule has 0 radical (unpaired) electrons. The number of ether oxygens (including phenoxy) is 3. The van der Waals surface area contributed by atoms with Crippen LogP contribution < -0.4 is 25.0 Å². The van der Waals surface area contributed by atoms with Gasteiger partial charge in [0.05, 0.1) is 33.1 Å². The van der Waals surface area contributed by atoms with Gasteiger partial charge in [0, 0.05) is 12.1 Å². The molecule has 1 aliphatic carbocycles. The summed E-state index contributed by atoms with van der Waals surface area (Å²) in [5.41, 5.74) is -0.0717. The summed E-state index contributed by atoms with van der Waals surface area (Å²) in [6.07, 6.45) is 6.36. The number of hydrogen-bond acceptors (Lipinski definition) is 6. The van der Waals surface area contributed by atoms with Crippen molar-refractivity contribution in [2.24, 2.45) is 0 Å². The van der Waals surface area contributed by atoms with Gasteiger partial charge in [0.25, 0.3) is 5.91 Å². The van der Waals surface area contributed by atoms with Crippen molar-refractivity contribution in [3.8, 4) is 23.1 Å². The molecule has 1 N–H and O–H groups in total. The maximum absolute atomic E-state index is 12.8. The molecular formula is C21H27N3O5. The fraction of sp³-hybridized carbons (Fsp3) is 0.476. The van der Waals surface area contributed by atoms with Crippen molar-refractivity contribution in [1.29, 1.82) is 0 Å². The topological polar surface area (TPSA) is 91.7 Å². The highest BCUT2D eigenvalue weighted by Crippen LogP contribution is 2.30. The Morgan fingerprint density at radius 3 is 2.31 bits per heavy atom. The molecule has 0 bridgehead atoms. The lowest BCUT2D eigenvalue weighted by atomic mass is 10.1. The molecule has 3 rings (SSSR count). The zero-order valence-electron chi connectivity index (χ0n) is 17.1. The minimum Gasteiger partial charge on any atom is -0.493 e. The highest BCUT2D eigenvalue weighted by molar-refractivity contribution is 5.92. The second kappa shape index (κ2) is 9.45. The maximum atomic E-state index is 12.8. The molecule has 0 unspecified atom stereocenters. The monoisotopic (exact) mass is 401 g/mol. The van der Waals surface area contributed by atoms with Gasteiger partial charge in [-0.3, -0.25) is 9.59 Å². The normalized spacial score (nSPS) is 14.7. The smallest absolute Gasteiger partial charge is 0.276 e. The van der Waals surface area contributed by atoms with E-state index in [2.05, 4.69) is 10.4 Å².